The van der Waals surface area contributed by atoms with Crippen molar-refractivity contribution in [2.45, 2.75) is 6.54 Å². The quantitative estimate of drug-likeness (QED) is 0.757. The molecule has 0 bridgehead atoms. The molecule has 0 fully saturated rings. The van der Waals surface area contributed by atoms with Gasteiger partial charge in [-0.1, -0.05) is 12.1 Å². The summed E-state index contributed by atoms with van der Waals surface area (Å²) in [5.41, 5.74) is 2.01. The van der Waals surface area contributed by atoms with Crippen molar-refractivity contribution in [3.63, 3.8) is 0 Å². The number of hydrogen-bond donors (Lipinski definition) is 2. The highest BCUT2D eigenvalue weighted by molar-refractivity contribution is 5.89. The van der Waals surface area contributed by atoms with E-state index in [1.54, 1.807) is 6.20 Å². The maximum atomic E-state index is 4.49. The van der Waals surface area contributed by atoms with Crippen molar-refractivity contribution in [2.24, 2.45) is 7.05 Å². The normalized spacial score (nSPS) is 10.7. The van der Waals surface area contributed by atoms with Crippen molar-refractivity contribution in [1.82, 2.24) is 19.7 Å². The van der Waals surface area contributed by atoms with E-state index in [4.69, 9.17) is 0 Å². The number of aryl methyl sites for hydroxylation is 1. The molecule has 2 heterocycles. The fourth-order valence-electron chi connectivity index (χ4n) is 2.07. The topological polar surface area (TPSA) is 67.7 Å². The maximum absolute atomic E-state index is 4.49. The van der Waals surface area contributed by atoms with Crippen LogP contribution in [0.3, 0.4) is 0 Å². The summed E-state index contributed by atoms with van der Waals surface area (Å²) >= 11 is 0. The lowest BCUT2D eigenvalue weighted by Crippen LogP contribution is -2.08. The molecule has 0 aliphatic carbocycles. The van der Waals surface area contributed by atoms with E-state index >= 15 is 0 Å². The number of nitrogens with zero attached hydrogens (tertiary/aromatic N) is 4. The van der Waals surface area contributed by atoms with Crippen LogP contribution in [0, 0.1) is 0 Å². The van der Waals surface area contributed by atoms with Gasteiger partial charge in [0.1, 0.15) is 5.82 Å². The number of para-hydroxylation sites is 1. The standard InChI is InChI=1S/C14H16N6/c1-15-14-18-12-6-4-3-5-11(12)13(19-14)16-9-10-7-8-17-20(10)2/h3-8H,9H2,1-2H3,(H2,15,16,18,19). The molecular weight excluding hydrogens is 252 g/mol. The van der Waals surface area contributed by atoms with Crippen LogP contribution in [0.25, 0.3) is 10.9 Å². The summed E-state index contributed by atoms with van der Waals surface area (Å²) < 4.78 is 1.84. The first-order valence-corrected chi connectivity index (χ1v) is 6.43. The molecule has 2 N–H and O–H groups in total. The fraction of sp³-hybridized carbons (Fsp3) is 0.214. The van der Waals surface area contributed by atoms with Gasteiger partial charge in [-0.2, -0.15) is 10.1 Å². The fourth-order valence-corrected chi connectivity index (χ4v) is 2.07. The van der Waals surface area contributed by atoms with Gasteiger partial charge in [0.25, 0.3) is 0 Å². The van der Waals surface area contributed by atoms with Gasteiger partial charge in [-0.15, -0.1) is 0 Å². The number of benzene rings is 1. The van der Waals surface area contributed by atoms with E-state index in [-0.39, 0.29) is 0 Å². The highest BCUT2D eigenvalue weighted by atomic mass is 15.3. The summed E-state index contributed by atoms with van der Waals surface area (Å²) in [5.74, 6) is 1.43. The van der Waals surface area contributed by atoms with E-state index in [9.17, 15) is 0 Å². The molecule has 0 unspecified atom stereocenters. The number of fused-ring (bicyclic) bond motifs is 1. The molecule has 0 saturated heterocycles. The third-order valence-corrected chi connectivity index (χ3v) is 3.19. The minimum absolute atomic E-state index is 0.608. The lowest BCUT2D eigenvalue weighted by atomic mass is 10.2. The highest BCUT2D eigenvalue weighted by Crippen LogP contribution is 2.22. The molecule has 3 aromatic rings. The van der Waals surface area contributed by atoms with Gasteiger partial charge in [0, 0.05) is 25.7 Å². The highest BCUT2D eigenvalue weighted by Gasteiger charge is 2.07. The molecule has 0 aliphatic heterocycles. The number of aromatic nitrogens is 4. The lowest BCUT2D eigenvalue weighted by Gasteiger charge is -2.10. The maximum Gasteiger partial charge on any atom is 0.224 e. The Bertz CT molecular complexity index is 733. The molecule has 0 atom stereocenters. The van der Waals surface area contributed by atoms with Gasteiger partial charge in [-0.05, 0) is 18.2 Å². The van der Waals surface area contributed by atoms with E-state index in [2.05, 4.69) is 25.7 Å². The van der Waals surface area contributed by atoms with Crippen LogP contribution in [0.2, 0.25) is 0 Å². The molecule has 3 rings (SSSR count). The molecule has 2 aromatic heterocycles. The zero-order valence-electron chi connectivity index (χ0n) is 11.5. The predicted molar refractivity (Wildman–Crippen MR) is 79.6 cm³/mol. The van der Waals surface area contributed by atoms with Crippen LogP contribution in [0.5, 0.6) is 0 Å². The second-order valence-corrected chi connectivity index (χ2v) is 4.46. The van der Waals surface area contributed by atoms with Crippen molar-refractivity contribution in [3.05, 3.63) is 42.2 Å². The van der Waals surface area contributed by atoms with Crippen LogP contribution in [0.4, 0.5) is 11.8 Å². The summed E-state index contributed by atoms with van der Waals surface area (Å²) in [5, 5.41) is 11.5. The van der Waals surface area contributed by atoms with E-state index < -0.39 is 0 Å². The van der Waals surface area contributed by atoms with Crippen LogP contribution in [0.15, 0.2) is 36.5 Å². The lowest BCUT2D eigenvalue weighted by molar-refractivity contribution is 0.720. The minimum atomic E-state index is 0.608. The Morgan fingerprint density at radius 3 is 2.75 bits per heavy atom. The van der Waals surface area contributed by atoms with Crippen molar-refractivity contribution in [1.29, 1.82) is 0 Å². The Balaban J connectivity index is 1.95. The van der Waals surface area contributed by atoms with Crippen molar-refractivity contribution >= 4 is 22.7 Å². The van der Waals surface area contributed by atoms with Gasteiger partial charge in [0.2, 0.25) is 5.95 Å². The largest absolute Gasteiger partial charge is 0.364 e. The molecule has 6 heteroatoms. The van der Waals surface area contributed by atoms with E-state index in [1.807, 2.05) is 49.1 Å². The second-order valence-electron chi connectivity index (χ2n) is 4.46. The Kier molecular flexibility index (Phi) is 3.20. The number of anilines is 2. The van der Waals surface area contributed by atoms with Gasteiger partial charge in [0.15, 0.2) is 0 Å². The Morgan fingerprint density at radius 1 is 1.15 bits per heavy atom. The molecule has 0 spiro atoms. The second kappa shape index (κ2) is 5.16. The molecule has 0 saturated carbocycles. The average Bonchev–Trinajstić information content (AvgIpc) is 2.89. The van der Waals surface area contributed by atoms with Gasteiger partial charge < -0.3 is 10.6 Å². The molecule has 6 nitrogen and oxygen atoms in total. The Labute approximate surface area is 116 Å². The van der Waals surface area contributed by atoms with Crippen LogP contribution < -0.4 is 10.6 Å². The first kappa shape index (κ1) is 12.4. The SMILES string of the molecule is CNc1nc(NCc2ccnn2C)c2ccccc2n1. The smallest absolute Gasteiger partial charge is 0.224 e. The van der Waals surface area contributed by atoms with E-state index in [0.29, 0.717) is 12.5 Å². The predicted octanol–water partition coefficient (Wildman–Crippen LogP) is 2.02. The Hall–Kier alpha value is -2.63. The van der Waals surface area contributed by atoms with Gasteiger partial charge in [-0.3, -0.25) is 4.68 Å². The molecule has 0 amide bonds. The summed E-state index contributed by atoms with van der Waals surface area (Å²) in [6.07, 6.45) is 1.79. The van der Waals surface area contributed by atoms with Gasteiger partial charge >= 0.3 is 0 Å². The summed E-state index contributed by atoms with van der Waals surface area (Å²) in [4.78, 5) is 8.92. The zero-order valence-corrected chi connectivity index (χ0v) is 11.5. The number of rotatable bonds is 4. The number of nitrogens with one attached hydrogen (secondary N) is 2. The van der Waals surface area contributed by atoms with Gasteiger partial charge in [-0.25, -0.2) is 4.98 Å². The van der Waals surface area contributed by atoms with Crippen LogP contribution in [-0.4, -0.2) is 26.8 Å². The summed E-state index contributed by atoms with van der Waals surface area (Å²) in [7, 11) is 3.74. The molecule has 102 valence electrons. The van der Waals surface area contributed by atoms with E-state index in [0.717, 1.165) is 22.4 Å². The molecule has 0 aliphatic rings. The van der Waals surface area contributed by atoms with Crippen LogP contribution in [0.1, 0.15) is 5.69 Å². The third-order valence-electron chi connectivity index (χ3n) is 3.19. The first-order chi connectivity index (χ1) is 9.78. The Morgan fingerprint density at radius 2 is 2.00 bits per heavy atom. The molecule has 0 radical (unpaired) electrons. The molecular formula is C14H16N6. The van der Waals surface area contributed by atoms with Gasteiger partial charge in [0.05, 0.1) is 17.8 Å². The zero-order chi connectivity index (χ0) is 13.9. The van der Waals surface area contributed by atoms with Crippen molar-refractivity contribution in [2.75, 3.05) is 17.7 Å². The average molecular weight is 268 g/mol. The first-order valence-electron chi connectivity index (χ1n) is 6.43. The minimum Gasteiger partial charge on any atom is -0.364 e. The van der Waals surface area contributed by atoms with Crippen molar-refractivity contribution in [3.8, 4) is 0 Å². The van der Waals surface area contributed by atoms with Crippen molar-refractivity contribution < 1.29 is 0 Å². The summed E-state index contributed by atoms with van der Waals surface area (Å²) in [6.45, 7) is 0.667. The monoisotopic (exact) mass is 268 g/mol. The number of hydrogen-bond acceptors (Lipinski definition) is 5. The van der Waals surface area contributed by atoms with Crippen LogP contribution >= 0.6 is 0 Å². The van der Waals surface area contributed by atoms with E-state index in [1.165, 1.54) is 0 Å². The van der Waals surface area contributed by atoms with Crippen LogP contribution in [-0.2, 0) is 13.6 Å². The molecule has 1 aromatic carbocycles. The third kappa shape index (κ3) is 2.27. The molecule has 20 heavy (non-hydrogen) atoms. The summed E-state index contributed by atoms with van der Waals surface area (Å²) in [6, 6.07) is 9.93.